The summed E-state index contributed by atoms with van der Waals surface area (Å²) in [5.41, 5.74) is -0.847. The van der Waals surface area contributed by atoms with Crippen molar-refractivity contribution < 1.29 is 14.5 Å². The summed E-state index contributed by atoms with van der Waals surface area (Å²) in [6, 6.07) is 3.94. The Morgan fingerprint density at radius 1 is 1.50 bits per heavy atom. The number of amides is 1. The molecule has 6 nitrogen and oxygen atoms in total. The first-order chi connectivity index (χ1) is 9.21. The van der Waals surface area contributed by atoms with Gasteiger partial charge in [0.25, 0.3) is 5.69 Å². The van der Waals surface area contributed by atoms with Gasteiger partial charge in [-0.3, -0.25) is 14.9 Å². The molecular formula is C12H12Cl2N2O4. The molecule has 0 saturated heterocycles. The van der Waals surface area contributed by atoms with E-state index in [9.17, 15) is 14.9 Å². The minimum Gasteiger partial charge on any atom is -0.495 e. The molecule has 1 aromatic rings. The monoisotopic (exact) mass is 318 g/mol. The van der Waals surface area contributed by atoms with Crippen LogP contribution in [-0.2, 0) is 4.79 Å². The van der Waals surface area contributed by atoms with Crippen molar-refractivity contribution in [2.24, 2.45) is 5.41 Å². The highest BCUT2D eigenvalue weighted by Gasteiger charge is 2.68. The minimum absolute atomic E-state index is 0.148. The summed E-state index contributed by atoms with van der Waals surface area (Å²) in [5, 5.41) is 13.3. The fourth-order valence-electron chi connectivity index (χ4n) is 1.81. The van der Waals surface area contributed by atoms with Crippen LogP contribution in [0, 0.1) is 15.5 Å². The molecule has 0 heterocycles. The molecule has 1 N–H and O–H groups in total. The van der Waals surface area contributed by atoms with Crippen LogP contribution in [0.3, 0.4) is 0 Å². The van der Waals surface area contributed by atoms with E-state index in [1.54, 1.807) is 6.92 Å². The molecule has 1 saturated carbocycles. The first-order valence-corrected chi connectivity index (χ1v) is 6.48. The van der Waals surface area contributed by atoms with Crippen molar-refractivity contribution in [2.45, 2.75) is 17.7 Å². The number of nitro groups is 1. The van der Waals surface area contributed by atoms with Crippen LogP contribution in [0.1, 0.15) is 13.3 Å². The summed E-state index contributed by atoms with van der Waals surface area (Å²) in [4.78, 5) is 22.4. The van der Waals surface area contributed by atoms with Crippen LogP contribution >= 0.6 is 23.2 Å². The number of alkyl halides is 2. The van der Waals surface area contributed by atoms with Gasteiger partial charge in [-0.1, -0.05) is 0 Å². The molecule has 8 heteroatoms. The van der Waals surface area contributed by atoms with Gasteiger partial charge < -0.3 is 10.1 Å². The second-order valence-electron chi connectivity index (χ2n) is 4.81. The molecule has 0 bridgehead atoms. The molecule has 0 aliphatic heterocycles. The smallest absolute Gasteiger partial charge is 0.271 e. The number of methoxy groups -OCH3 is 1. The van der Waals surface area contributed by atoms with Crippen LogP contribution in [0.4, 0.5) is 11.4 Å². The topological polar surface area (TPSA) is 81.5 Å². The number of halogens is 2. The lowest BCUT2D eigenvalue weighted by Gasteiger charge is -2.14. The van der Waals surface area contributed by atoms with E-state index in [0.29, 0.717) is 12.2 Å². The second kappa shape index (κ2) is 4.79. The highest BCUT2D eigenvalue weighted by atomic mass is 35.5. The number of anilines is 1. The van der Waals surface area contributed by atoms with Gasteiger partial charge in [-0.25, -0.2) is 0 Å². The van der Waals surface area contributed by atoms with E-state index < -0.39 is 20.6 Å². The third-order valence-electron chi connectivity index (χ3n) is 3.40. The van der Waals surface area contributed by atoms with Gasteiger partial charge in [0.15, 0.2) is 0 Å². The Labute approximate surface area is 125 Å². The maximum atomic E-state index is 12.2. The van der Waals surface area contributed by atoms with Gasteiger partial charge >= 0.3 is 0 Å². The molecule has 1 aliphatic rings. The quantitative estimate of drug-likeness (QED) is 0.525. The number of carbonyl (C=O) groups excluding carboxylic acids is 1. The molecule has 1 amide bonds. The summed E-state index contributed by atoms with van der Waals surface area (Å²) in [5.74, 6) is -0.0794. The highest BCUT2D eigenvalue weighted by Crippen LogP contribution is 2.64. The first-order valence-electron chi connectivity index (χ1n) is 5.73. The van der Waals surface area contributed by atoms with Crippen LogP contribution in [0.2, 0.25) is 0 Å². The molecular weight excluding hydrogens is 307 g/mol. The zero-order chi connectivity index (χ0) is 15.1. The van der Waals surface area contributed by atoms with Gasteiger partial charge in [0.2, 0.25) is 5.91 Å². The number of rotatable bonds is 4. The highest BCUT2D eigenvalue weighted by molar-refractivity contribution is 6.53. The maximum absolute atomic E-state index is 12.2. The van der Waals surface area contributed by atoms with Gasteiger partial charge in [0.1, 0.15) is 10.1 Å². The van der Waals surface area contributed by atoms with E-state index in [-0.39, 0.29) is 11.4 Å². The Hall–Kier alpha value is -1.53. The summed E-state index contributed by atoms with van der Waals surface area (Å²) in [6.07, 6.45) is 0.326. The molecule has 0 aromatic heterocycles. The van der Waals surface area contributed by atoms with Crippen LogP contribution in [-0.4, -0.2) is 22.3 Å². The Bertz CT molecular complexity index is 591. The number of hydrogen-bond donors (Lipinski definition) is 1. The van der Waals surface area contributed by atoms with Crippen molar-refractivity contribution in [3.8, 4) is 5.75 Å². The zero-order valence-electron chi connectivity index (χ0n) is 10.8. The van der Waals surface area contributed by atoms with Crippen molar-refractivity contribution in [1.29, 1.82) is 0 Å². The summed E-state index contributed by atoms with van der Waals surface area (Å²) >= 11 is 11.9. The van der Waals surface area contributed by atoms with E-state index in [0.717, 1.165) is 0 Å². The lowest BCUT2D eigenvalue weighted by Crippen LogP contribution is -2.26. The van der Waals surface area contributed by atoms with Gasteiger partial charge in [-0.15, -0.1) is 23.2 Å². The summed E-state index contributed by atoms with van der Waals surface area (Å²) in [7, 11) is 1.41. The maximum Gasteiger partial charge on any atom is 0.271 e. The van der Waals surface area contributed by atoms with Crippen molar-refractivity contribution in [3.63, 3.8) is 0 Å². The summed E-state index contributed by atoms with van der Waals surface area (Å²) in [6.45, 7) is 1.63. The van der Waals surface area contributed by atoms with Gasteiger partial charge in [-0.2, -0.15) is 0 Å². The Morgan fingerprint density at radius 2 is 2.10 bits per heavy atom. The van der Waals surface area contributed by atoms with Crippen molar-refractivity contribution >= 4 is 40.5 Å². The number of nitrogens with one attached hydrogen (secondary N) is 1. The van der Waals surface area contributed by atoms with E-state index >= 15 is 0 Å². The predicted octanol–water partition coefficient (Wildman–Crippen LogP) is 3.13. The third-order valence-corrected chi connectivity index (χ3v) is 4.50. The van der Waals surface area contributed by atoms with Gasteiger partial charge in [0.05, 0.1) is 23.1 Å². The minimum atomic E-state index is -1.11. The first kappa shape index (κ1) is 14.9. The molecule has 108 valence electrons. The summed E-state index contributed by atoms with van der Waals surface area (Å²) < 4.78 is 3.96. The second-order valence-corrected chi connectivity index (χ2v) is 6.29. The average molecular weight is 319 g/mol. The standard InChI is InChI=1S/C12H12Cl2N2O4/c1-11(6-12(11,13)14)10(17)15-8-5-7(16(18)19)3-4-9(8)20-2/h3-5H,6H2,1-2H3,(H,15,17). The largest absolute Gasteiger partial charge is 0.495 e. The normalized spacial score (nSPS) is 23.0. The molecule has 0 radical (unpaired) electrons. The molecule has 1 fully saturated rings. The van der Waals surface area contributed by atoms with E-state index in [4.69, 9.17) is 27.9 Å². The van der Waals surface area contributed by atoms with Crippen LogP contribution in [0.25, 0.3) is 0 Å². The van der Waals surface area contributed by atoms with Crippen molar-refractivity contribution in [2.75, 3.05) is 12.4 Å². The Balaban J connectivity index is 2.27. The third kappa shape index (κ3) is 2.41. The lowest BCUT2D eigenvalue weighted by atomic mass is 10.1. The van der Waals surface area contributed by atoms with E-state index in [1.165, 1.54) is 25.3 Å². The average Bonchev–Trinajstić information content (AvgIpc) is 2.89. The molecule has 20 heavy (non-hydrogen) atoms. The SMILES string of the molecule is COc1ccc([N+](=O)[O-])cc1NC(=O)C1(C)CC1(Cl)Cl. The predicted molar refractivity (Wildman–Crippen MR) is 75.4 cm³/mol. The number of benzene rings is 1. The number of nitrogens with zero attached hydrogens (tertiary/aromatic N) is 1. The molecule has 1 aromatic carbocycles. The Morgan fingerprint density at radius 3 is 2.55 bits per heavy atom. The number of ether oxygens (including phenoxy) is 1. The molecule has 1 aliphatic carbocycles. The van der Waals surface area contributed by atoms with Crippen LogP contribution in [0.5, 0.6) is 5.75 Å². The number of nitro benzene ring substituents is 1. The Kier molecular flexibility index (Phi) is 3.56. The molecule has 0 spiro atoms. The molecule has 1 unspecified atom stereocenters. The van der Waals surface area contributed by atoms with Crippen LogP contribution in [0.15, 0.2) is 18.2 Å². The lowest BCUT2D eigenvalue weighted by molar-refractivity contribution is -0.384. The number of non-ortho nitro benzene ring substituents is 1. The number of carbonyl (C=O) groups is 1. The molecule has 1 atom stereocenters. The van der Waals surface area contributed by atoms with Crippen molar-refractivity contribution in [1.82, 2.24) is 0 Å². The fraction of sp³-hybridized carbons (Fsp3) is 0.417. The van der Waals surface area contributed by atoms with Gasteiger partial charge in [0, 0.05) is 12.1 Å². The van der Waals surface area contributed by atoms with E-state index in [1.807, 2.05) is 0 Å². The molecule has 2 rings (SSSR count). The zero-order valence-corrected chi connectivity index (χ0v) is 12.3. The number of hydrogen-bond acceptors (Lipinski definition) is 4. The van der Waals surface area contributed by atoms with Gasteiger partial charge in [-0.05, 0) is 19.4 Å². The fourth-order valence-corrected chi connectivity index (χ4v) is 2.52. The van der Waals surface area contributed by atoms with E-state index in [2.05, 4.69) is 5.32 Å². The van der Waals surface area contributed by atoms with Crippen molar-refractivity contribution in [3.05, 3.63) is 28.3 Å². The van der Waals surface area contributed by atoms with Crippen LogP contribution < -0.4 is 10.1 Å².